The topological polar surface area (TPSA) is 96.2 Å². The predicted octanol–water partition coefficient (Wildman–Crippen LogP) is 0.358. The lowest BCUT2D eigenvalue weighted by atomic mass is 10.0. The molecule has 0 fully saturated rings. The van der Waals surface area contributed by atoms with Crippen molar-refractivity contribution in [2.24, 2.45) is 0 Å². The zero-order valence-electron chi connectivity index (χ0n) is 10.2. The molecule has 100 valence electrons. The normalized spacial score (nSPS) is 13.8. The van der Waals surface area contributed by atoms with Gasteiger partial charge in [-0.2, -0.15) is 0 Å². The third-order valence-corrected chi connectivity index (χ3v) is 2.39. The van der Waals surface area contributed by atoms with Gasteiger partial charge in [0.25, 0.3) is 0 Å². The fourth-order valence-corrected chi connectivity index (χ4v) is 1.47. The Hall–Kier alpha value is -1.79. The molecule has 0 bridgehead atoms. The highest BCUT2D eigenvalue weighted by atomic mass is 16.5. The number of phenolic OH excluding ortho intramolecular Hbond substituents is 1. The summed E-state index contributed by atoms with van der Waals surface area (Å²) < 4.78 is 9.45. The van der Waals surface area contributed by atoms with Crippen LogP contribution in [0.25, 0.3) is 0 Å². The second-order valence-corrected chi connectivity index (χ2v) is 3.54. The van der Waals surface area contributed by atoms with Gasteiger partial charge in [0.2, 0.25) is 0 Å². The van der Waals surface area contributed by atoms with Crippen LogP contribution < -0.4 is 4.74 Å². The van der Waals surface area contributed by atoms with Gasteiger partial charge in [-0.3, -0.25) is 0 Å². The molecule has 0 spiro atoms. The van der Waals surface area contributed by atoms with Crippen molar-refractivity contribution in [2.75, 3.05) is 13.7 Å². The van der Waals surface area contributed by atoms with Crippen LogP contribution in [0.1, 0.15) is 18.6 Å². The third-order valence-electron chi connectivity index (χ3n) is 2.39. The Morgan fingerprint density at radius 1 is 1.39 bits per heavy atom. The number of carbonyl (C=O) groups is 1. The number of hydrogen-bond donors (Lipinski definition) is 3. The molecule has 3 N–H and O–H groups in total. The molecule has 1 aromatic carbocycles. The molecule has 0 aliphatic carbocycles. The lowest BCUT2D eigenvalue weighted by molar-refractivity contribution is -0.156. The maximum atomic E-state index is 11.1. The van der Waals surface area contributed by atoms with Crippen LogP contribution in [0.4, 0.5) is 0 Å². The van der Waals surface area contributed by atoms with E-state index in [1.807, 2.05) is 0 Å². The quantitative estimate of drug-likeness (QED) is 0.658. The molecule has 18 heavy (non-hydrogen) atoms. The molecule has 2 atom stereocenters. The summed E-state index contributed by atoms with van der Waals surface area (Å²) in [7, 11) is 1.09. The van der Waals surface area contributed by atoms with Gasteiger partial charge in [-0.1, -0.05) is 12.1 Å². The molecule has 6 nitrogen and oxygen atoms in total. The first-order valence-corrected chi connectivity index (χ1v) is 5.41. The molecule has 0 aliphatic rings. The van der Waals surface area contributed by atoms with Crippen molar-refractivity contribution in [2.45, 2.75) is 19.1 Å². The molecule has 0 heterocycles. The number of benzene rings is 1. The minimum Gasteiger partial charge on any atom is -0.504 e. The highest BCUT2D eigenvalue weighted by Gasteiger charge is 2.29. The first-order chi connectivity index (χ1) is 8.52. The van der Waals surface area contributed by atoms with E-state index in [9.17, 15) is 20.1 Å². The Balaban J connectivity index is 3.02. The summed E-state index contributed by atoms with van der Waals surface area (Å²) >= 11 is 0. The van der Waals surface area contributed by atoms with Crippen LogP contribution in [0, 0.1) is 0 Å². The molecule has 0 saturated heterocycles. The SMILES string of the molecule is CCOc1cccc(C(O)C(O)C(=O)OC)c1O. The summed E-state index contributed by atoms with van der Waals surface area (Å²) in [6.45, 7) is 2.08. The molecule has 0 saturated carbocycles. The number of aliphatic hydroxyl groups excluding tert-OH is 2. The minimum atomic E-state index is -1.77. The van der Waals surface area contributed by atoms with E-state index in [-0.39, 0.29) is 17.1 Å². The summed E-state index contributed by atoms with van der Waals surface area (Å²) in [6.07, 6.45) is -3.35. The van der Waals surface area contributed by atoms with Gasteiger partial charge in [0, 0.05) is 5.56 Å². The summed E-state index contributed by atoms with van der Waals surface area (Å²) in [4.78, 5) is 11.1. The van der Waals surface area contributed by atoms with Crippen molar-refractivity contribution < 1.29 is 29.6 Å². The van der Waals surface area contributed by atoms with E-state index in [1.165, 1.54) is 18.2 Å². The van der Waals surface area contributed by atoms with Crippen molar-refractivity contribution in [1.29, 1.82) is 0 Å². The Morgan fingerprint density at radius 3 is 2.61 bits per heavy atom. The molecule has 0 radical (unpaired) electrons. The van der Waals surface area contributed by atoms with Crippen LogP contribution in [0.3, 0.4) is 0 Å². The number of phenols is 1. The highest BCUT2D eigenvalue weighted by molar-refractivity contribution is 5.75. The number of hydrogen-bond acceptors (Lipinski definition) is 6. The average molecular weight is 256 g/mol. The van der Waals surface area contributed by atoms with Crippen LogP contribution in [-0.2, 0) is 9.53 Å². The van der Waals surface area contributed by atoms with Crippen LogP contribution in [0.2, 0.25) is 0 Å². The Kier molecular flexibility index (Phi) is 4.94. The third kappa shape index (κ3) is 2.91. The van der Waals surface area contributed by atoms with E-state index in [4.69, 9.17) is 4.74 Å². The average Bonchev–Trinajstić information content (AvgIpc) is 2.39. The van der Waals surface area contributed by atoms with Crippen LogP contribution in [-0.4, -0.2) is 41.1 Å². The summed E-state index contributed by atoms with van der Waals surface area (Å²) in [5.41, 5.74) is -0.00106. The number of carbonyl (C=O) groups excluding carboxylic acids is 1. The molecule has 2 unspecified atom stereocenters. The highest BCUT2D eigenvalue weighted by Crippen LogP contribution is 2.35. The number of methoxy groups -OCH3 is 1. The lowest BCUT2D eigenvalue weighted by Gasteiger charge is -2.18. The summed E-state index contributed by atoms with van der Waals surface area (Å²) in [6, 6.07) is 4.43. The second-order valence-electron chi connectivity index (χ2n) is 3.54. The van der Waals surface area contributed by atoms with E-state index in [2.05, 4.69) is 4.74 Å². The number of esters is 1. The number of aliphatic hydroxyl groups is 2. The zero-order valence-corrected chi connectivity index (χ0v) is 10.2. The number of rotatable bonds is 5. The molecule has 0 aliphatic heterocycles. The molecule has 6 heteroatoms. The Labute approximate surface area is 104 Å². The van der Waals surface area contributed by atoms with E-state index >= 15 is 0 Å². The van der Waals surface area contributed by atoms with Gasteiger partial charge < -0.3 is 24.8 Å². The van der Waals surface area contributed by atoms with E-state index in [0.717, 1.165) is 7.11 Å². The van der Waals surface area contributed by atoms with Crippen LogP contribution >= 0.6 is 0 Å². The van der Waals surface area contributed by atoms with E-state index in [0.29, 0.717) is 6.61 Å². The number of aromatic hydroxyl groups is 1. The zero-order chi connectivity index (χ0) is 13.7. The molecule has 0 amide bonds. The number of para-hydroxylation sites is 1. The predicted molar refractivity (Wildman–Crippen MR) is 62.3 cm³/mol. The van der Waals surface area contributed by atoms with E-state index < -0.39 is 18.2 Å². The Bertz CT molecular complexity index is 417. The van der Waals surface area contributed by atoms with Crippen molar-refractivity contribution in [3.05, 3.63) is 23.8 Å². The molecular formula is C12H16O6. The van der Waals surface area contributed by atoms with Crippen LogP contribution in [0.5, 0.6) is 11.5 Å². The largest absolute Gasteiger partial charge is 0.504 e. The van der Waals surface area contributed by atoms with Crippen molar-refractivity contribution >= 4 is 5.97 Å². The maximum absolute atomic E-state index is 11.1. The van der Waals surface area contributed by atoms with Crippen LogP contribution in [0.15, 0.2) is 18.2 Å². The molecular weight excluding hydrogens is 240 g/mol. The fourth-order valence-electron chi connectivity index (χ4n) is 1.47. The smallest absolute Gasteiger partial charge is 0.337 e. The van der Waals surface area contributed by atoms with Gasteiger partial charge in [0.15, 0.2) is 17.6 Å². The monoisotopic (exact) mass is 256 g/mol. The van der Waals surface area contributed by atoms with Crippen molar-refractivity contribution in [1.82, 2.24) is 0 Å². The molecule has 1 rings (SSSR count). The summed E-state index contributed by atoms with van der Waals surface area (Å²) in [5.74, 6) is -1.12. The lowest BCUT2D eigenvalue weighted by Crippen LogP contribution is -2.29. The molecule has 1 aromatic rings. The van der Waals surface area contributed by atoms with Crippen molar-refractivity contribution in [3.63, 3.8) is 0 Å². The van der Waals surface area contributed by atoms with Gasteiger partial charge in [-0.25, -0.2) is 4.79 Å². The minimum absolute atomic E-state index is 0.00106. The molecule has 0 aromatic heterocycles. The van der Waals surface area contributed by atoms with Crippen molar-refractivity contribution in [3.8, 4) is 11.5 Å². The summed E-state index contributed by atoms with van der Waals surface area (Å²) in [5, 5.41) is 29.2. The Morgan fingerprint density at radius 2 is 2.06 bits per heavy atom. The van der Waals surface area contributed by atoms with Gasteiger partial charge >= 0.3 is 5.97 Å². The van der Waals surface area contributed by atoms with Gasteiger partial charge in [-0.05, 0) is 13.0 Å². The van der Waals surface area contributed by atoms with E-state index in [1.54, 1.807) is 6.92 Å². The number of ether oxygens (including phenoxy) is 2. The standard InChI is InChI=1S/C12H16O6/c1-3-18-8-6-4-5-7(9(8)13)10(14)11(15)12(16)17-2/h4-6,10-11,13-15H,3H2,1-2H3. The van der Waals surface area contributed by atoms with Gasteiger partial charge in [-0.15, -0.1) is 0 Å². The fraction of sp³-hybridized carbons (Fsp3) is 0.417. The first kappa shape index (κ1) is 14.3. The van der Waals surface area contributed by atoms with Gasteiger partial charge in [0.05, 0.1) is 13.7 Å². The second kappa shape index (κ2) is 6.23. The maximum Gasteiger partial charge on any atom is 0.337 e. The van der Waals surface area contributed by atoms with Gasteiger partial charge in [0.1, 0.15) is 6.10 Å². The first-order valence-electron chi connectivity index (χ1n) is 5.41.